The number of rotatable bonds is 9. The van der Waals surface area contributed by atoms with Crippen molar-refractivity contribution in [2.45, 2.75) is 11.4 Å². The van der Waals surface area contributed by atoms with Gasteiger partial charge < -0.3 is 14.8 Å². The normalized spacial score (nSPS) is 11.3. The van der Waals surface area contributed by atoms with Gasteiger partial charge >= 0.3 is 0 Å². The van der Waals surface area contributed by atoms with Crippen molar-refractivity contribution in [2.24, 2.45) is 0 Å². The van der Waals surface area contributed by atoms with E-state index in [1.165, 1.54) is 18.7 Å². The van der Waals surface area contributed by atoms with Gasteiger partial charge in [-0.15, -0.1) is 0 Å². The predicted octanol–water partition coefficient (Wildman–Crippen LogP) is 3.80. The molecule has 10 heteroatoms. The van der Waals surface area contributed by atoms with Crippen LogP contribution in [0.2, 0.25) is 5.15 Å². The Bertz CT molecular complexity index is 1190. The molecule has 0 bridgehead atoms. The number of methoxy groups -OCH3 is 2. The topological polar surface area (TPSA) is 89.5 Å². The molecule has 0 aliphatic rings. The molecule has 0 amide bonds. The molecule has 0 unspecified atom stereocenters. The van der Waals surface area contributed by atoms with Crippen molar-refractivity contribution in [3.63, 3.8) is 0 Å². The van der Waals surface area contributed by atoms with Gasteiger partial charge in [0, 0.05) is 36.3 Å². The van der Waals surface area contributed by atoms with Gasteiger partial charge in [-0.1, -0.05) is 29.9 Å². The number of pyridine rings is 1. The van der Waals surface area contributed by atoms with Crippen molar-refractivity contribution >= 4 is 55.7 Å². The number of nitrogens with one attached hydrogen (secondary N) is 2. The number of fused-ring (bicyclic) bond motifs is 1. The summed E-state index contributed by atoms with van der Waals surface area (Å²) >= 11 is 11.0. The molecular weight excluding hydrogens is 446 g/mol. The van der Waals surface area contributed by atoms with Crippen LogP contribution in [0.25, 0.3) is 10.8 Å². The Balaban J connectivity index is 1.97. The Morgan fingerprint density at radius 1 is 1.17 bits per heavy atom. The largest absolute Gasteiger partial charge is 0.497 e. The molecule has 2 N–H and O–H groups in total. The zero-order valence-corrected chi connectivity index (χ0v) is 18.7. The molecule has 0 radical (unpaired) electrons. The lowest BCUT2D eigenvalue weighted by molar-refractivity contribution is 0.390. The minimum absolute atomic E-state index is 0.0389. The third-order valence-corrected chi connectivity index (χ3v) is 6.34. The number of aromatic nitrogens is 1. The summed E-state index contributed by atoms with van der Waals surface area (Å²) in [4.78, 5) is 4.13. The average Bonchev–Trinajstić information content (AvgIpc) is 2.76. The van der Waals surface area contributed by atoms with Crippen LogP contribution in [0.1, 0.15) is 5.56 Å². The summed E-state index contributed by atoms with van der Waals surface area (Å²) in [6, 6.07) is 10.1. The van der Waals surface area contributed by atoms with Gasteiger partial charge in [0.25, 0.3) is 0 Å². The van der Waals surface area contributed by atoms with E-state index in [0.717, 1.165) is 0 Å². The Morgan fingerprint density at radius 2 is 1.97 bits per heavy atom. The van der Waals surface area contributed by atoms with Crippen LogP contribution >= 0.6 is 23.8 Å². The fraction of sp³-hybridized carbons (Fsp3) is 0.200. The fourth-order valence-corrected chi connectivity index (χ4v) is 4.43. The van der Waals surface area contributed by atoms with E-state index < -0.39 is 10.0 Å². The van der Waals surface area contributed by atoms with Crippen LogP contribution < -0.4 is 19.5 Å². The van der Waals surface area contributed by atoms with Gasteiger partial charge in [0.1, 0.15) is 21.5 Å². The number of hydrogen-bond acceptors (Lipinski definition) is 7. The number of thiocarbonyl (C=S) groups is 1. The third kappa shape index (κ3) is 4.81. The molecule has 30 heavy (non-hydrogen) atoms. The molecule has 0 saturated heterocycles. The average molecular weight is 466 g/mol. The van der Waals surface area contributed by atoms with E-state index in [4.69, 9.17) is 33.3 Å². The Morgan fingerprint density at radius 3 is 2.67 bits per heavy atom. The van der Waals surface area contributed by atoms with Crippen LogP contribution in [-0.2, 0) is 16.6 Å². The smallest absolute Gasteiger partial charge is 0.242 e. The minimum Gasteiger partial charge on any atom is -0.497 e. The highest BCUT2D eigenvalue weighted by atomic mass is 35.5. The summed E-state index contributed by atoms with van der Waals surface area (Å²) in [6.45, 7) is 0.352. The van der Waals surface area contributed by atoms with E-state index in [0.29, 0.717) is 40.1 Å². The lowest BCUT2D eigenvalue weighted by atomic mass is 10.1. The molecule has 7 nitrogen and oxygen atoms in total. The predicted molar refractivity (Wildman–Crippen MR) is 122 cm³/mol. The fourth-order valence-electron chi connectivity index (χ4n) is 2.93. The summed E-state index contributed by atoms with van der Waals surface area (Å²) < 4.78 is 39.4. The molecule has 0 aliphatic carbocycles. The number of ether oxygens (including phenoxy) is 2. The zero-order chi connectivity index (χ0) is 21.7. The molecule has 0 saturated carbocycles. The van der Waals surface area contributed by atoms with Gasteiger partial charge in [-0.05, 0) is 35.0 Å². The van der Waals surface area contributed by atoms with E-state index in [2.05, 4.69) is 15.0 Å². The molecule has 0 spiro atoms. The number of anilines is 1. The Labute approximate surface area is 185 Å². The van der Waals surface area contributed by atoms with Crippen LogP contribution in [0.4, 0.5) is 5.69 Å². The van der Waals surface area contributed by atoms with Crippen LogP contribution in [-0.4, -0.2) is 39.5 Å². The highest BCUT2D eigenvalue weighted by Crippen LogP contribution is 2.31. The summed E-state index contributed by atoms with van der Waals surface area (Å²) in [7, 11) is -0.811. The first-order valence-corrected chi connectivity index (χ1v) is 11.2. The molecule has 1 heterocycles. The number of halogens is 1. The highest BCUT2D eigenvalue weighted by Gasteiger charge is 2.21. The zero-order valence-electron chi connectivity index (χ0n) is 16.3. The number of sulfonamides is 1. The maximum atomic E-state index is 13.1. The number of benzene rings is 2. The maximum Gasteiger partial charge on any atom is 0.242 e. The van der Waals surface area contributed by atoms with Gasteiger partial charge in [0.2, 0.25) is 10.0 Å². The van der Waals surface area contributed by atoms with Gasteiger partial charge in [-0.2, -0.15) is 0 Å². The molecular formula is C20H20ClN3O4S2. The minimum atomic E-state index is -3.88. The van der Waals surface area contributed by atoms with Gasteiger partial charge in [0.05, 0.1) is 19.9 Å². The standard InChI is InChI=1S/C20H20ClN3O4S2/c1-27-15-4-3-14(18(10-15)28-2)12-24-30(25,26)19-9-13-5-6-23-20(21)16(13)11-17(19)22-7-8-29/h3-6,8-11,22,24H,7,12H2,1-2H3. The summed E-state index contributed by atoms with van der Waals surface area (Å²) in [5, 5.41) is 6.08. The van der Waals surface area contributed by atoms with Crippen molar-refractivity contribution in [1.29, 1.82) is 0 Å². The molecule has 2 aromatic carbocycles. The van der Waals surface area contributed by atoms with Crippen LogP contribution in [0.5, 0.6) is 11.5 Å². The summed E-state index contributed by atoms with van der Waals surface area (Å²) in [6.07, 6.45) is 1.53. The van der Waals surface area contributed by atoms with Gasteiger partial charge in [0.15, 0.2) is 0 Å². The first-order chi connectivity index (χ1) is 14.4. The van der Waals surface area contributed by atoms with Crippen LogP contribution in [0, 0.1) is 0 Å². The SMILES string of the molecule is COc1ccc(CNS(=O)(=O)c2cc3ccnc(Cl)c3cc2NCC=S)c(OC)c1. The first kappa shape index (κ1) is 22.2. The number of hydrogen-bond donors (Lipinski definition) is 2. The van der Waals surface area contributed by atoms with E-state index in [1.807, 2.05) is 0 Å². The van der Waals surface area contributed by atoms with E-state index in [9.17, 15) is 8.42 Å². The van der Waals surface area contributed by atoms with E-state index in [1.54, 1.807) is 43.5 Å². The van der Waals surface area contributed by atoms with Crippen molar-refractivity contribution in [3.05, 3.63) is 53.3 Å². The Hall–Kier alpha value is -2.46. The molecule has 0 atom stereocenters. The lowest BCUT2D eigenvalue weighted by Crippen LogP contribution is -2.24. The number of nitrogens with zero attached hydrogens (tertiary/aromatic N) is 1. The maximum absolute atomic E-state index is 13.1. The van der Waals surface area contributed by atoms with E-state index >= 15 is 0 Å². The highest BCUT2D eigenvalue weighted by molar-refractivity contribution is 7.89. The van der Waals surface area contributed by atoms with Crippen LogP contribution in [0.15, 0.2) is 47.5 Å². The monoisotopic (exact) mass is 465 g/mol. The molecule has 0 aliphatic heterocycles. The van der Waals surface area contributed by atoms with Crippen molar-refractivity contribution in [2.75, 3.05) is 26.1 Å². The van der Waals surface area contributed by atoms with Crippen molar-refractivity contribution in [3.8, 4) is 11.5 Å². The van der Waals surface area contributed by atoms with Gasteiger partial charge in [-0.25, -0.2) is 18.1 Å². The second kappa shape index (κ2) is 9.57. The molecule has 3 aromatic rings. The second-order valence-electron chi connectivity index (χ2n) is 6.22. The Kier molecular flexibility index (Phi) is 7.09. The van der Waals surface area contributed by atoms with Crippen molar-refractivity contribution < 1.29 is 17.9 Å². The quantitative estimate of drug-likeness (QED) is 0.367. The first-order valence-electron chi connectivity index (χ1n) is 8.86. The van der Waals surface area contributed by atoms with Gasteiger partial charge in [-0.3, -0.25) is 0 Å². The lowest BCUT2D eigenvalue weighted by Gasteiger charge is -2.15. The van der Waals surface area contributed by atoms with Crippen molar-refractivity contribution in [1.82, 2.24) is 9.71 Å². The summed E-state index contributed by atoms with van der Waals surface area (Å²) in [5.41, 5.74) is 1.05. The third-order valence-electron chi connectivity index (χ3n) is 4.43. The molecule has 0 fully saturated rings. The molecule has 3 rings (SSSR count). The second-order valence-corrected chi connectivity index (χ2v) is 8.65. The molecule has 1 aromatic heterocycles. The van der Waals surface area contributed by atoms with E-state index in [-0.39, 0.29) is 16.6 Å². The summed E-state index contributed by atoms with van der Waals surface area (Å²) in [5.74, 6) is 1.14. The molecule has 158 valence electrons. The van der Waals surface area contributed by atoms with Crippen LogP contribution in [0.3, 0.4) is 0 Å².